The van der Waals surface area contributed by atoms with Gasteiger partial charge in [-0.25, -0.2) is 4.98 Å². The number of nitrogens with one attached hydrogen (secondary N) is 1. The van der Waals surface area contributed by atoms with Crippen molar-refractivity contribution in [2.45, 2.75) is 33.7 Å². The molecule has 6 heteroatoms. The summed E-state index contributed by atoms with van der Waals surface area (Å²) in [6.07, 6.45) is 0. The summed E-state index contributed by atoms with van der Waals surface area (Å²) < 4.78 is 5.54. The standard InChI is InChI=1S/C18H25N5O/c1-10(2)15(11(3)4)13-8-14(23-6-7-24-9-12(23)5)20-18-16(13)17(19)21-22-18/h8,12H,1,6-7,9H2,2-5H3,(H3,19,20,21,22)/t12-/m1/s1. The smallest absolute Gasteiger partial charge is 0.185 e. The van der Waals surface area contributed by atoms with Crippen LogP contribution in [0.15, 0.2) is 23.8 Å². The average Bonchev–Trinajstić information content (AvgIpc) is 2.88. The largest absolute Gasteiger partial charge is 0.383 e. The second kappa shape index (κ2) is 6.28. The van der Waals surface area contributed by atoms with Crippen LogP contribution in [0.3, 0.4) is 0 Å². The number of aromatic nitrogens is 3. The van der Waals surface area contributed by atoms with Gasteiger partial charge in [0.2, 0.25) is 0 Å². The van der Waals surface area contributed by atoms with E-state index in [4.69, 9.17) is 15.5 Å². The van der Waals surface area contributed by atoms with E-state index in [2.05, 4.69) is 48.5 Å². The number of rotatable bonds is 3. The zero-order chi connectivity index (χ0) is 17.4. The number of hydrogen-bond donors (Lipinski definition) is 2. The topological polar surface area (TPSA) is 80.1 Å². The molecule has 0 amide bonds. The molecule has 0 bridgehead atoms. The van der Waals surface area contributed by atoms with Gasteiger partial charge in [0.1, 0.15) is 11.6 Å². The van der Waals surface area contributed by atoms with Gasteiger partial charge in [-0.3, -0.25) is 5.10 Å². The Morgan fingerprint density at radius 1 is 1.42 bits per heavy atom. The first-order valence-electron chi connectivity index (χ1n) is 8.22. The summed E-state index contributed by atoms with van der Waals surface area (Å²) >= 11 is 0. The van der Waals surface area contributed by atoms with E-state index in [1.165, 1.54) is 5.57 Å². The molecule has 1 aliphatic heterocycles. The van der Waals surface area contributed by atoms with Crippen molar-refractivity contribution in [1.29, 1.82) is 0 Å². The molecule has 0 radical (unpaired) electrons. The SMILES string of the molecule is C=C(C)C(=C(C)C)c1cc(N2CCOC[C@H]2C)nc2n[nH]c(N)c12. The maximum Gasteiger partial charge on any atom is 0.185 e. The van der Waals surface area contributed by atoms with Crippen LogP contribution in [0.25, 0.3) is 16.6 Å². The molecular formula is C18H25N5O. The molecule has 0 saturated carbocycles. The molecule has 0 aromatic carbocycles. The Bertz CT molecular complexity index is 816. The predicted octanol–water partition coefficient (Wildman–Crippen LogP) is 3.13. The summed E-state index contributed by atoms with van der Waals surface area (Å²) in [5.74, 6) is 1.44. The summed E-state index contributed by atoms with van der Waals surface area (Å²) in [4.78, 5) is 6.99. The minimum Gasteiger partial charge on any atom is -0.383 e. The van der Waals surface area contributed by atoms with Gasteiger partial charge >= 0.3 is 0 Å². The third-order valence-corrected chi connectivity index (χ3v) is 4.40. The molecule has 1 saturated heterocycles. The van der Waals surface area contributed by atoms with Crippen molar-refractivity contribution in [3.63, 3.8) is 0 Å². The van der Waals surface area contributed by atoms with Gasteiger partial charge in [-0.1, -0.05) is 17.7 Å². The Morgan fingerprint density at radius 3 is 2.79 bits per heavy atom. The van der Waals surface area contributed by atoms with E-state index >= 15 is 0 Å². The molecule has 1 aliphatic rings. The number of nitrogen functional groups attached to an aromatic ring is 1. The van der Waals surface area contributed by atoms with Gasteiger partial charge in [0, 0.05) is 12.1 Å². The van der Waals surface area contributed by atoms with E-state index in [0.717, 1.165) is 34.5 Å². The minimum absolute atomic E-state index is 0.271. The Morgan fingerprint density at radius 2 is 2.17 bits per heavy atom. The molecule has 0 spiro atoms. The number of ether oxygens (including phenoxy) is 1. The first kappa shape index (κ1) is 16.5. The second-order valence-electron chi connectivity index (χ2n) is 6.64. The number of aromatic amines is 1. The Labute approximate surface area is 142 Å². The number of nitrogens with zero attached hydrogens (tertiary/aromatic N) is 3. The van der Waals surface area contributed by atoms with E-state index in [0.29, 0.717) is 24.7 Å². The maximum atomic E-state index is 6.13. The van der Waals surface area contributed by atoms with Gasteiger partial charge < -0.3 is 15.4 Å². The molecule has 24 heavy (non-hydrogen) atoms. The quantitative estimate of drug-likeness (QED) is 0.847. The summed E-state index contributed by atoms with van der Waals surface area (Å²) in [5.41, 5.74) is 11.1. The molecule has 1 atom stereocenters. The van der Waals surface area contributed by atoms with Crippen molar-refractivity contribution in [2.24, 2.45) is 0 Å². The highest BCUT2D eigenvalue weighted by atomic mass is 16.5. The third kappa shape index (κ3) is 2.78. The van der Waals surface area contributed by atoms with Crippen LogP contribution in [0.2, 0.25) is 0 Å². The molecule has 0 unspecified atom stereocenters. The molecule has 3 rings (SSSR count). The lowest BCUT2D eigenvalue weighted by Crippen LogP contribution is -2.44. The Kier molecular flexibility index (Phi) is 4.32. The number of morpholine rings is 1. The number of hydrogen-bond acceptors (Lipinski definition) is 5. The monoisotopic (exact) mass is 327 g/mol. The average molecular weight is 327 g/mol. The van der Waals surface area contributed by atoms with Crippen molar-refractivity contribution < 1.29 is 4.74 Å². The number of fused-ring (bicyclic) bond motifs is 1. The first-order chi connectivity index (χ1) is 11.4. The molecule has 6 nitrogen and oxygen atoms in total. The van der Waals surface area contributed by atoms with Gasteiger partial charge in [-0.2, -0.15) is 5.10 Å². The molecule has 1 fully saturated rings. The zero-order valence-corrected chi connectivity index (χ0v) is 14.8. The highest BCUT2D eigenvalue weighted by molar-refractivity contribution is 6.01. The molecule has 2 aromatic rings. The van der Waals surface area contributed by atoms with Crippen LogP contribution in [0.1, 0.15) is 33.3 Å². The number of H-pyrrole nitrogens is 1. The van der Waals surface area contributed by atoms with Crippen LogP contribution in [0, 0.1) is 0 Å². The second-order valence-corrected chi connectivity index (χ2v) is 6.64. The molecule has 3 N–H and O–H groups in total. The van der Waals surface area contributed by atoms with Crippen LogP contribution in [-0.2, 0) is 4.74 Å². The molecular weight excluding hydrogens is 302 g/mol. The van der Waals surface area contributed by atoms with Crippen LogP contribution in [-0.4, -0.2) is 41.0 Å². The summed E-state index contributed by atoms with van der Waals surface area (Å²) in [6.45, 7) is 14.7. The van der Waals surface area contributed by atoms with Crippen molar-refractivity contribution >= 4 is 28.2 Å². The first-order valence-corrected chi connectivity index (χ1v) is 8.22. The highest BCUT2D eigenvalue weighted by Gasteiger charge is 2.24. The van der Waals surface area contributed by atoms with E-state index < -0.39 is 0 Å². The van der Waals surface area contributed by atoms with E-state index in [9.17, 15) is 0 Å². The minimum atomic E-state index is 0.271. The van der Waals surface area contributed by atoms with E-state index in [1.807, 2.05) is 6.92 Å². The molecule has 3 heterocycles. The maximum absolute atomic E-state index is 6.13. The molecule has 128 valence electrons. The van der Waals surface area contributed by atoms with Crippen LogP contribution in [0.5, 0.6) is 0 Å². The van der Waals surface area contributed by atoms with Crippen LogP contribution >= 0.6 is 0 Å². The number of pyridine rings is 1. The van der Waals surface area contributed by atoms with Crippen molar-refractivity contribution in [1.82, 2.24) is 15.2 Å². The zero-order valence-electron chi connectivity index (χ0n) is 14.8. The molecule has 2 aromatic heterocycles. The fourth-order valence-corrected chi connectivity index (χ4v) is 3.37. The van der Waals surface area contributed by atoms with Crippen molar-refractivity contribution in [2.75, 3.05) is 30.4 Å². The molecule has 0 aliphatic carbocycles. The highest BCUT2D eigenvalue weighted by Crippen LogP contribution is 2.35. The number of anilines is 2. The van der Waals surface area contributed by atoms with Crippen molar-refractivity contribution in [3.8, 4) is 0 Å². The fourth-order valence-electron chi connectivity index (χ4n) is 3.37. The van der Waals surface area contributed by atoms with E-state index in [-0.39, 0.29) is 6.04 Å². The third-order valence-electron chi connectivity index (χ3n) is 4.40. The Hall–Kier alpha value is -2.34. The van der Waals surface area contributed by atoms with Crippen LogP contribution in [0.4, 0.5) is 11.6 Å². The van der Waals surface area contributed by atoms with Crippen molar-refractivity contribution in [3.05, 3.63) is 29.4 Å². The lowest BCUT2D eigenvalue weighted by atomic mass is 9.94. The van der Waals surface area contributed by atoms with Gasteiger partial charge in [0.05, 0.1) is 24.6 Å². The lowest BCUT2D eigenvalue weighted by molar-refractivity contribution is 0.0985. The summed E-state index contributed by atoms with van der Waals surface area (Å²) in [6, 6.07) is 2.38. The van der Waals surface area contributed by atoms with Crippen LogP contribution < -0.4 is 10.6 Å². The fraction of sp³-hybridized carbons (Fsp3) is 0.444. The van der Waals surface area contributed by atoms with Gasteiger partial charge in [0.25, 0.3) is 0 Å². The van der Waals surface area contributed by atoms with E-state index in [1.54, 1.807) is 0 Å². The predicted molar refractivity (Wildman–Crippen MR) is 99.0 cm³/mol. The summed E-state index contributed by atoms with van der Waals surface area (Å²) in [7, 11) is 0. The van der Waals surface area contributed by atoms with Gasteiger partial charge in [-0.05, 0) is 39.3 Å². The Balaban J connectivity index is 2.25. The normalized spacial score (nSPS) is 18.0. The van der Waals surface area contributed by atoms with Gasteiger partial charge in [-0.15, -0.1) is 0 Å². The van der Waals surface area contributed by atoms with Gasteiger partial charge in [0.15, 0.2) is 5.65 Å². The number of nitrogens with two attached hydrogens (primary N) is 1. The number of allylic oxidation sites excluding steroid dienone is 3. The summed E-state index contributed by atoms with van der Waals surface area (Å²) in [5, 5.41) is 8.01. The lowest BCUT2D eigenvalue weighted by Gasteiger charge is -2.34.